The molecule has 0 radical (unpaired) electrons. The molecule has 0 saturated carbocycles. The fraction of sp³-hybridized carbons (Fsp3) is 0.500. The van der Waals surface area contributed by atoms with Gasteiger partial charge >= 0.3 is 12.1 Å². The molecule has 1 amide bonds. The van der Waals surface area contributed by atoms with Crippen LogP contribution in [-0.4, -0.2) is 53.8 Å². The van der Waals surface area contributed by atoms with Crippen molar-refractivity contribution in [2.24, 2.45) is 5.92 Å². The molecule has 0 aliphatic carbocycles. The summed E-state index contributed by atoms with van der Waals surface area (Å²) in [4.78, 5) is 62.3. The second-order valence-electron chi connectivity index (χ2n) is 7.92. The minimum atomic E-state index is -1.01. The van der Waals surface area contributed by atoms with Gasteiger partial charge in [0, 0.05) is 18.9 Å². The Morgan fingerprint density at radius 1 is 1.00 bits per heavy atom. The number of rotatable bonds is 1. The third-order valence-corrected chi connectivity index (χ3v) is 5.74. The van der Waals surface area contributed by atoms with Gasteiger partial charge in [0.15, 0.2) is 0 Å². The Balaban J connectivity index is 1.97. The maximum atomic E-state index is 12.9. The van der Waals surface area contributed by atoms with Crippen LogP contribution in [0.1, 0.15) is 55.5 Å². The van der Waals surface area contributed by atoms with Gasteiger partial charge in [-0.2, -0.15) is 0 Å². The van der Waals surface area contributed by atoms with Crippen LogP contribution in [0.2, 0.25) is 0 Å². The van der Waals surface area contributed by atoms with Crippen LogP contribution in [0.25, 0.3) is 0 Å². The number of carbonyl (C=O) groups is 5. The largest absolute Gasteiger partial charge is 0.507 e. The molecule has 2 aliphatic rings. The molecule has 1 aromatic carbocycles. The quantitative estimate of drug-likeness (QED) is 0.530. The van der Waals surface area contributed by atoms with Crippen LogP contribution in [0.4, 0.5) is 10.5 Å². The number of esters is 1. The Hall–Kier alpha value is -3.23. The molecular formula is C22H25NO8. The number of aromatic hydroxyl groups is 1. The first-order valence-corrected chi connectivity index (χ1v) is 10.3. The molecule has 2 heterocycles. The predicted octanol–water partition coefficient (Wildman–Crippen LogP) is 2.35. The highest BCUT2D eigenvalue weighted by Gasteiger charge is 2.30. The summed E-state index contributed by atoms with van der Waals surface area (Å²) >= 11 is 0. The summed E-state index contributed by atoms with van der Waals surface area (Å²) in [7, 11) is 0. The Bertz CT molecular complexity index is 938. The predicted molar refractivity (Wildman–Crippen MR) is 108 cm³/mol. The minimum Gasteiger partial charge on any atom is -0.507 e. The van der Waals surface area contributed by atoms with Crippen LogP contribution in [-0.2, 0) is 30.3 Å². The van der Waals surface area contributed by atoms with E-state index < -0.39 is 35.5 Å². The third-order valence-electron chi connectivity index (χ3n) is 5.74. The second-order valence-corrected chi connectivity index (χ2v) is 7.92. The number of Topliss-reactive ketones (excluding diaryl/α,β-unsaturated/α-hetero) is 3. The van der Waals surface area contributed by atoms with Crippen molar-refractivity contribution in [2.75, 3.05) is 18.1 Å². The fourth-order valence-corrected chi connectivity index (χ4v) is 3.65. The van der Waals surface area contributed by atoms with E-state index in [4.69, 9.17) is 9.47 Å². The van der Waals surface area contributed by atoms with E-state index in [1.807, 2.05) is 0 Å². The lowest BCUT2D eigenvalue weighted by Crippen LogP contribution is -2.28. The van der Waals surface area contributed by atoms with Crippen molar-refractivity contribution in [3.05, 3.63) is 23.3 Å². The number of carbonyl (C=O) groups excluding carboxylic acids is 5. The minimum absolute atomic E-state index is 0.0396. The highest BCUT2D eigenvalue weighted by Crippen LogP contribution is 2.32. The number of ketones is 3. The molecule has 2 atom stereocenters. The zero-order valence-corrected chi connectivity index (χ0v) is 17.5. The lowest BCUT2D eigenvalue weighted by atomic mass is 9.94. The molecule has 0 spiro atoms. The van der Waals surface area contributed by atoms with Crippen molar-refractivity contribution in [1.82, 2.24) is 0 Å². The number of aryl methyl sites for hydroxylation is 1. The van der Waals surface area contributed by atoms with Crippen molar-refractivity contribution in [3.63, 3.8) is 0 Å². The highest BCUT2D eigenvalue weighted by molar-refractivity contribution is 6.63. The standard InChI is InChI=1S/C22H25NO8/c1-12-6-7-17(25)20(27)16(24)5-3-4-14-10-15(23-8-9-30-22(23)29)11-18(26)19(14)21(28)31-13(12)2/h10-13,26H,3-9H2,1-2H3/t12-,13+/m1/s1. The number of benzene rings is 1. The molecule has 2 aliphatic heterocycles. The number of anilines is 1. The fourth-order valence-electron chi connectivity index (χ4n) is 3.65. The number of ether oxygens (including phenoxy) is 2. The van der Waals surface area contributed by atoms with Crippen LogP contribution >= 0.6 is 0 Å². The summed E-state index contributed by atoms with van der Waals surface area (Å²) in [5, 5.41) is 10.6. The van der Waals surface area contributed by atoms with E-state index in [0.29, 0.717) is 17.8 Å². The highest BCUT2D eigenvalue weighted by atomic mass is 16.6. The van der Waals surface area contributed by atoms with Gasteiger partial charge in [0.1, 0.15) is 24.0 Å². The molecule has 1 aromatic rings. The lowest BCUT2D eigenvalue weighted by Gasteiger charge is -2.22. The summed E-state index contributed by atoms with van der Waals surface area (Å²) in [6.07, 6.45) is -0.796. The Morgan fingerprint density at radius 3 is 2.39 bits per heavy atom. The van der Waals surface area contributed by atoms with Crippen LogP contribution < -0.4 is 4.90 Å². The van der Waals surface area contributed by atoms with E-state index in [1.165, 1.54) is 11.0 Å². The summed E-state index contributed by atoms with van der Waals surface area (Å²) in [6, 6.07) is 2.87. The van der Waals surface area contributed by atoms with E-state index in [1.54, 1.807) is 19.9 Å². The molecule has 0 bridgehead atoms. The van der Waals surface area contributed by atoms with Crippen LogP contribution in [0, 0.1) is 5.92 Å². The molecule has 0 unspecified atom stereocenters. The summed E-state index contributed by atoms with van der Waals surface area (Å²) in [6.45, 7) is 3.94. The number of hydrogen-bond donors (Lipinski definition) is 1. The van der Waals surface area contributed by atoms with Gasteiger partial charge in [-0.05, 0) is 43.7 Å². The van der Waals surface area contributed by atoms with Crippen LogP contribution in [0.15, 0.2) is 12.1 Å². The van der Waals surface area contributed by atoms with Gasteiger partial charge in [0.05, 0.1) is 12.2 Å². The number of nitrogens with zero attached hydrogens (tertiary/aromatic N) is 1. The molecular weight excluding hydrogens is 406 g/mol. The van der Waals surface area contributed by atoms with E-state index in [0.717, 1.165) is 0 Å². The Labute approximate surface area is 179 Å². The molecule has 9 nitrogen and oxygen atoms in total. The maximum absolute atomic E-state index is 12.9. The number of phenols is 1. The van der Waals surface area contributed by atoms with Crippen LogP contribution in [0.5, 0.6) is 5.75 Å². The average molecular weight is 431 g/mol. The van der Waals surface area contributed by atoms with Gasteiger partial charge in [-0.15, -0.1) is 0 Å². The first kappa shape index (κ1) is 22.5. The van der Waals surface area contributed by atoms with Gasteiger partial charge in [0.25, 0.3) is 5.78 Å². The zero-order valence-electron chi connectivity index (χ0n) is 17.5. The average Bonchev–Trinajstić information content (AvgIpc) is 3.15. The molecule has 1 fully saturated rings. The number of fused-ring (bicyclic) bond motifs is 1. The third kappa shape index (κ3) is 4.92. The van der Waals surface area contributed by atoms with E-state index in [2.05, 4.69) is 0 Å². The van der Waals surface area contributed by atoms with Crippen molar-refractivity contribution in [1.29, 1.82) is 0 Å². The zero-order chi connectivity index (χ0) is 22.7. The number of hydrogen-bond acceptors (Lipinski definition) is 8. The number of amides is 1. The van der Waals surface area contributed by atoms with Gasteiger partial charge in [-0.25, -0.2) is 9.59 Å². The Morgan fingerprint density at radius 2 is 1.71 bits per heavy atom. The summed E-state index contributed by atoms with van der Waals surface area (Å²) < 4.78 is 10.4. The Kier molecular flexibility index (Phi) is 6.72. The molecule has 1 N–H and O–H groups in total. The van der Waals surface area contributed by atoms with Gasteiger partial charge in [-0.3, -0.25) is 19.3 Å². The molecule has 3 rings (SSSR count). The van der Waals surface area contributed by atoms with Crippen molar-refractivity contribution in [2.45, 2.75) is 52.1 Å². The van der Waals surface area contributed by atoms with Crippen molar-refractivity contribution < 1.29 is 38.6 Å². The molecule has 0 aromatic heterocycles. The van der Waals surface area contributed by atoms with Crippen molar-refractivity contribution in [3.8, 4) is 5.75 Å². The van der Waals surface area contributed by atoms with E-state index in [-0.39, 0.29) is 55.9 Å². The van der Waals surface area contributed by atoms with E-state index >= 15 is 0 Å². The number of phenolic OH excluding ortho intramolecular Hbond substituents is 1. The van der Waals surface area contributed by atoms with Gasteiger partial charge < -0.3 is 14.6 Å². The first-order chi connectivity index (χ1) is 14.7. The number of cyclic esters (lactones) is 2. The molecule has 31 heavy (non-hydrogen) atoms. The second kappa shape index (κ2) is 9.28. The smallest absolute Gasteiger partial charge is 0.414 e. The molecule has 166 valence electrons. The lowest BCUT2D eigenvalue weighted by molar-refractivity contribution is -0.144. The molecule has 1 saturated heterocycles. The topological polar surface area (TPSA) is 127 Å². The summed E-state index contributed by atoms with van der Waals surface area (Å²) in [5.41, 5.74) is 0.692. The van der Waals surface area contributed by atoms with Gasteiger partial charge in [0.2, 0.25) is 11.6 Å². The maximum Gasteiger partial charge on any atom is 0.414 e. The monoisotopic (exact) mass is 431 g/mol. The van der Waals surface area contributed by atoms with Crippen LogP contribution in [0.3, 0.4) is 0 Å². The van der Waals surface area contributed by atoms with Gasteiger partial charge in [-0.1, -0.05) is 6.92 Å². The summed E-state index contributed by atoms with van der Waals surface area (Å²) in [5.74, 6) is -3.83. The SMILES string of the molecule is C[C@@H]1CCC(=O)C(=O)C(=O)CCCc2cc(N3CCOC3=O)cc(O)c2C(=O)O[C@H]1C. The van der Waals surface area contributed by atoms with Crippen molar-refractivity contribution >= 4 is 35.1 Å². The molecule has 9 heteroatoms. The normalized spacial score (nSPS) is 23.8. The first-order valence-electron chi connectivity index (χ1n) is 10.3. The van der Waals surface area contributed by atoms with E-state index in [9.17, 15) is 29.1 Å².